The van der Waals surface area contributed by atoms with Crippen molar-refractivity contribution in [2.75, 3.05) is 6.54 Å². The molecular weight excluding hydrogens is 214 g/mol. The van der Waals surface area contributed by atoms with Gasteiger partial charge in [-0.3, -0.25) is 4.68 Å². The zero-order valence-corrected chi connectivity index (χ0v) is 10.3. The fraction of sp³-hybridized carbons (Fsp3) is 0.500. The summed E-state index contributed by atoms with van der Waals surface area (Å²) in [5, 5.41) is 7.83. The number of hydrogen-bond acceptors (Lipinski definition) is 3. The lowest BCUT2D eigenvalue weighted by atomic mass is 10.1. The molecule has 17 heavy (non-hydrogen) atoms. The van der Waals surface area contributed by atoms with Gasteiger partial charge in [0, 0.05) is 31.9 Å². The van der Waals surface area contributed by atoms with Gasteiger partial charge in [0.1, 0.15) is 5.82 Å². The third-order valence-corrected chi connectivity index (χ3v) is 3.25. The van der Waals surface area contributed by atoms with Crippen LogP contribution in [-0.4, -0.2) is 25.9 Å². The zero-order chi connectivity index (χ0) is 11.8. The van der Waals surface area contributed by atoms with Gasteiger partial charge in [-0.1, -0.05) is 6.92 Å². The van der Waals surface area contributed by atoms with Crippen LogP contribution in [0.15, 0.2) is 12.4 Å². The average molecular weight is 231 g/mol. The molecule has 0 amide bonds. The van der Waals surface area contributed by atoms with Gasteiger partial charge in [0.05, 0.1) is 24.1 Å². The standard InChI is InChI=1S/C12H17N5/c1-3-10-9(8-16(2)15-10)11-6-14-12-7-13-4-5-17(11)12/h6,8,13H,3-5,7H2,1-2H3. The number of aromatic nitrogens is 4. The molecule has 2 aromatic rings. The van der Waals surface area contributed by atoms with Crippen LogP contribution >= 0.6 is 0 Å². The summed E-state index contributed by atoms with van der Waals surface area (Å²) in [5.41, 5.74) is 3.57. The molecule has 90 valence electrons. The van der Waals surface area contributed by atoms with Crippen LogP contribution in [0.4, 0.5) is 0 Å². The lowest BCUT2D eigenvalue weighted by Crippen LogP contribution is -2.28. The maximum atomic E-state index is 4.49. The van der Waals surface area contributed by atoms with Gasteiger partial charge in [0.2, 0.25) is 0 Å². The van der Waals surface area contributed by atoms with Crippen molar-refractivity contribution in [1.82, 2.24) is 24.6 Å². The fourth-order valence-corrected chi connectivity index (χ4v) is 2.42. The summed E-state index contributed by atoms with van der Waals surface area (Å²) in [4.78, 5) is 4.48. The van der Waals surface area contributed by atoms with Gasteiger partial charge in [-0.15, -0.1) is 0 Å². The molecule has 0 spiro atoms. The molecule has 0 bridgehead atoms. The van der Waals surface area contributed by atoms with Crippen LogP contribution in [-0.2, 0) is 26.6 Å². The third-order valence-electron chi connectivity index (χ3n) is 3.25. The Hall–Kier alpha value is -1.62. The van der Waals surface area contributed by atoms with E-state index in [1.807, 2.05) is 17.9 Å². The van der Waals surface area contributed by atoms with Crippen LogP contribution < -0.4 is 5.32 Å². The van der Waals surface area contributed by atoms with E-state index in [9.17, 15) is 0 Å². The van der Waals surface area contributed by atoms with Gasteiger partial charge in [0.15, 0.2) is 0 Å². The number of fused-ring (bicyclic) bond motifs is 1. The second-order valence-corrected chi connectivity index (χ2v) is 4.40. The normalized spacial score (nSPS) is 14.9. The highest BCUT2D eigenvalue weighted by Crippen LogP contribution is 2.25. The molecule has 0 aliphatic carbocycles. The Morgan fingerprint density at radius 1 is 1.47 bits per heavy atom. The minimum absolute atomic E-state index is 0.863. The smallest absolute Gasteiger partial charge is 0.123 e. The minimum Gasteiger partial charge on any atom is -0.326 e. The lowest BCUT2D eigenvalue weighted by molar-refractivity contribution is 0.508. The monoisotopic (exact) mass is 231 g/mol. The van der Waals surface area contributed by atoms with Gasteiger partial charge in [-0.25, -0.2) is 4.98 Å². The van der Waals surface area contributed by atoms with E-state index in [0.29, 0.717) is 0 Å². The predicted octanol–water partition coefficient (Wildman–Crippen LogP) is 0.949. The Kier molecular flexibility index (Phi) is 2.48. The molecule has 1 aliphatic heterocycles. The number of nitrogens with one attached hydrogen (secondary N) is 1. The molecule has 1 N–H and O–H groups in total. The van der Waals surface area contributed by atoms with Gasteiger partial charge >= 0.3 is 0 Å². The van der Waals surface area contributed by atoms with Crippen LogP contribution in [0.25, 0.3) is 11.3 Å². The van der Waals surface area contributed by atoms with Gasteiger partial charge < -0.3 is 9.88 Å². The van der Waals surface area contributed by atoms with Crippen LogP contribution in [0.2, 0.25) is 0 Å². The van der Waals surface area contributed by atoms with E-state index in [1.165, 1.54) is 11.3 Å². The first-order valence-electron chi connectivity index (χ1n) is 6.07. The minimum atomic E-state index is 0.863. The average Bonchev–Trinajstić information content (AvgIpc) is 2.91. The van der Waals surface area contributed by atoms with Gasteiger partial charge in [-0.2, -0.15) is 5.10 Å². The van der Waals surface area contributed by atoms with E-state index in [-0.39, 0.29) is 0 Å². The predicted molar refractivity (Wildman–Crippen MR) is 65.5 cm³/mol. The summed E-state index contributed by atoms with van der Waals surface area (Å²) in [6.07, 6.45) is 5.01. The number of hydrogen-bond donors (Lipinski definition) is 1. The summed E-state index contributed by atoms with van der Waals surface area (Å²) >= 11 is 0. The molecule has 2 aromatic heterocycles. The van der Waals surface area contributed by atoms with Gasteiger partial charge in [0.25, 0.3) is 0 Å². The molecule has 0 atom stereocenters. The van der Waals surface area contributed by atoms with E-state index < -0.39 is 0 Å². The third kappa shape index (κ3) is 1.67. The SMILES string of the molecule is CCc1nn(C)cc1-c1cnc2n1CCNC2. The van der Waals surface area contributed by atoms with Crippen molar-refractivity contribution in [3.05, 3.63) is 23.9 Å². The number of nitrogens with zero attached hydrogens (tertiary/aromatic N) is 4. The van der Waals surface area contributed by atoms with Crippen LogP contribution in [0.3, 0.4) is 0 Å². The molecule has 5 heteroatoms. The highest BCUT2D eigenvalue weighted by Gasteiger charge is 2.18. The number of imidazole rings is 1. The zero-order valence-electron chi connectivity index (χ0n) is 10.3. The van der Waals surface area contributed by atoms with Crippen LogP contribution in [0.5, 0.6) is 0 Å². The number of rotatable bonds is 2. The highest BCUT2D eigenvalue weighted by atomic mass is 15.3. The fourth-order valence-electron chi connectivity index (χ4n) is 2.42. The maximum Gasteiger partial charge on any atom is 0.123 e. The summed E-state index contributed by atoms with van der Waals surface area (Å²) in [5.74, 6) is 1.12. The molecule has 0 radical (unpaired) electrons. The molecule has 5 nitrogen and oxygen atoms in total. The first-order chi connectivity index (χ1) is 8.29. The first-order valence-corrected chi connectivity index (χ1v) is 6.07. The summed E-state index contributed by atoms with van der Waals surface area (Å²) in [7, 11) is 1.97. The molecule has 0 aromatic carbocycles. The quantitative estimate of drug-likeness (QED) is 0.837. The Bertz CT molecular complexity index is 537. The topological polar surface area (TPSA) is 47.7 Å². The lowest BCUT2D eigenvalue weighted by Gasteiger charge is -2.17. The molecule has 3 heterocycles. The largest absolute Gasteiger partial charge is 0.326 e. The van der Waals surface area contributed by atoms with E-state index >= 15 is 0 Å². The molecule has 0 unspecified atom stereocenters. The van der Waals surface area contributed by atoms with E-state index in [4.69, 9.17) is 0 Å². The van der Waals surface area contributed by atoms with E-state index in [0.717, 1.165) is 37.6 Å². The van der Waals surface area contributed by atoms with E-state index in [1.54, 1.807) is 0 Å². The molecule has 0 fully saturated rings. The molecule has 0 saturated heterocycles. The Morgan fingerprint density at radius 2 is 2.35 bits per heavy atom. The van der Waals surface area contributed by atoms with Crippen molar-refractivity contribution >= 4 is 0 Å². The first kappa shape index (κ1) is 10.5. The maximum absolute atomic E-state index is 4.49. The van der Waals surface area contributed by atoms with E-state index in [2.05, 4.69) is 33.1 Å². The van der Waals surface area contributed by atoms with Gasteiger partial charge in [-0.05, 0) is 6.42 Å². The Balaban J connectivity index is 2.11. The molecule has 0 saturated carbocycles. The second kappa shape index (κ2) is 4.00. The van der Waals surface area contributed by atoms with Crippen LogP contribution in [0.1, 0.15) is 18.4 Å². The summed E-state index contributed by atoms with van der Waals surface area (Å²) < 4.78 is 4.18. The second-order valence-electron chi connectivity index (χ2n) is 4.40. The van der Waals surface area contributed by atoms with Crippen molar-refractivity contribution < 1.29 is 0 Å². The molecule has 3 rings (SSSR count). The molecular formula is C12H17N5. The van der Waals surface area contributed by atoms with Crippen molar-refractivity contribution in [2.45, 2.75) is 26.4 Å². The molecule has 1 aliphatic rings. The summed E-state index contributed by atoms with van der Waals surface area (Å²) in [6.45, 7) is 5.00. The van der Waals surface area contributed by atoms with Crippen molar-refractivity contribution in [2.24, 2.45) is 7.05 Å². The van der Waals surface area contributed by atoms with Crippen LogP contribution in [0, 0.1) is 0 Å². The van der Waals surface area contributed by atoms with Crippen molar-refractivity contribution in [1.29, 1.82) is 0 Å². The number of aryl methyl sites for hydroxylation is 2. The van der Waals surface area contributed by atoms with Crippen molar-refractivity contribution in [3.63, 3.8) is 0 Å². The Morgan fingerprint density at radius 3 is 3.18 bits per heavy atom. The Labute approximate surface area is 100 Å². The highest BCUT2D eigenvalue weighted by molar-refractivity contribution is 5.61. The van der Waals surface area contributed by atoms with Crippen molar-refractivity contribution in [3.8, 4) is 11.3 Å². The summed E-state index contributed by atoms with van der Waals surface area (Å²) in [6, 6.07) is 0.